The van der Waals surface area contributed by atoms with Crippen LogP contribution in [-0.2, 0) is 4.79 Å². The Morgan fingerprint density at radius 1 is 1.28 bits per heavy atom. The summed E-state index contributed by atoms with van der Waals surface area (Å²) in [6.45, 7) is 4.35. The van der Waals surface area contributed by atoms with Gasteiger partial charge in [-0.3, -0.25) is 9.78 Å². The highest BCUT2D eigenvalue weighted by Gasteiger charge is 2.22. The molecule has 2 heterocycles. The van der Waals surface area contributed by atoms with Crippen LogP contribution in [0.4, 0.5) is 5.82 Å². The quantitative estimate of drug-likeness (QED) is 0.874. The molecule has 1 aliphatic rings. The normalized spacial score (nSPS) is 16.3. The Kier molecular flexibility index (Phi) is 5.82. The summed E-state index contributed by atoms with van der Waals surface area (Å²) in [7, 11) is 0. The molecule has 6 nitrogen and oxygen atoms in total. The van der Waals surface area contributed by atoms with E-state index in [-0.39, 0.29) is 5.91 Å². The monoisotopic (exact) mass is 340 g/mol. The van der Waals surface area contributed by atoms with Crippen LogP contribution in [0.2, 0.25) is 0 Å². The number of benzene rings is 1. The van der Waals surface area contributed by atoms with Crippen LogP contribution in [0.15, 0.2) is 48.9 Å². The largest absolute Gasteiger partial charge is 0.481 e. The molecule has 2 aromatic rings. The first-order valence-corrected chi connectivity index (χ1v) is 8.73. The molecule has 3 rings (SSSR count). The van der Waals surface area contributed by atoms with Crippen molar-refractivity contribution in [1.82, 2.24) is 15.3 Å². The van der Waals surface area contributed by atoms with E-state index < -0.39 is 6.10 Å². The molecule has 25 heavy (non-hydrogen) atoms. The number of piperidine rings is 1. The Morgan fingerprint density at radius 2 is 2.04 bits per heavy atom. The van der Waals surface area contributed by atoms with E-state index in [4.69, 9.17) is 4.74 Å². The van der Waals surface area contributed by atoms with Crippen molar-refractivity contribution in [3.63, 3.8) is 0 Å². The second kappa shape index (κ2) is 8.46. The zero-order valence-corrected chi connectivity index (χ0v) is 14.5. The second-order valence-electron chi connectivity index (χ2n) is 6.31. The molecule has 1 unspecified atom stereocenters. The fourth-order valence-corrected chi connectivity index (χ4v) is 2.97. The van der Waals surface area contributed by atoms with Gasteiger partial charge >= 0.3 is 0 Å². The molecule has 6 heteroatoms. The number of carbonyl (C=O) groups is 1. The summed E-state index contributed by atoms with van der Waals surface area (Å²) >= 11 is 0. The fraction of sp³-hybridized carbons (Fsp3) is 0.421. The third-order valence-corrected chi connectivity index (χ3v) is 4.48. The summed E-state index contributed by atoms with van der Waals surface area (Å²) in [5.74, 6) is 2.05. The first-order valence-electron chi connectivity index (χ1n) is 8.73. The lowest BCUT2D eigenvalue weighted by Crippen LogP contribution is -2.42. The van der Waals surface area contributed by atoms with Crippen molar-refractivity contribution in [3.05, 3.63) is 48.9 Å². The van der Waals surface area contributed by atoms with Crippen molar-refractivity contribution >= 4 is 11.7 Å². The number of nitrogens with zero attached hydrogens (tertiary/aromatic N) is 3. The molecule has 1 aromatic heterocycles. The number of nitrogens with one attached hydrogen (secondary N) is 1. The number of rotatable bonds is 6. The highest BCUT2D eigenvalue weighted by atomic mass is 16.5. The number of aromatic nitrogens is 2. The van der Waals surface area contributed by atoms with E-state index in [1.807, 2.05) is 30.3 Å². The average Bonchev–Trinajstić information content (AvgIpc) is 2.68. The molecular formula is C19H24N4O2. The van der Waals surface area contributed by atoms with Gasteiger partial charge in [0, 0.05) is 32.0 Å². The summed E-state index contributed by atoms with van der Waals surface area (Å²) in [5, 5.41) is 3.02. The first kappa shape index (κ1) is 17.2. The Hall–Kier alpha value is -2.63. The Bertz CT molecular complexity index is 658. The van der Waals surface area contributed by atoms with Crippen molar-refractivity contribution in [3.8, 4) is 5.75 Å². The van der Waals surface area contributed by atoms with Gasteiger partial charge in [-0.15, -0.1) is 0 Å². The molecule has 1 amide bonds. The first-order chi connectivity index (χ1) is 12.2. The minimum atomic E-state index is -0.498. The molecule has 1 saturated heterocycles. The number of hydrogen-bond donors (Lipinski definition) is 1. The van der Waals surface area contributed by atoms with E-state index in [0.29, 0.717) is 18.2 Å². The minimum Gasteiger partial charge on any atom is -0.481 e. The zero-order chi connectivity index (χ0) is 17.5. The third kappa shape index (κ3) is 4.92. The fourth-order valence-electron chi connectivity index (χ4n) is 2.97. The van der Waals surface area contributed by atoms with Crippen LogP contribution in [0.1, 0.15) is 19.8 Å². The number of anilines is 1. The smallest absolute Gasteiger partial charge is 0.260 e. The van der Waals surface area contributed by atoms with E-state index in [0.717, 1.165) is 31.7 Å². The lowest BCUT2D eigenvalue weighted by atomic mass is 9.97. The van der Waals surface area contributed by atoms with E-state index in [1.165, 1.54) is 0 Å². The summed E-state index contributed by atoms with van der Waals surface area (Å²) in [5.41, 5.74) is 0. The standard InChI is InChI=1S/C19H24N4O2/c1-15(25-17-5-3-2-4-6-17)19(24)22-13-16-7-11-23(12-8-16)18-14-20-9-10-21-18/h2-6,9-10,14-16H,7-8,11-13H2,1H3,(H,22,24). The van der Waals surface area contributed by atoms with Gasteiger partial charge in [0.05, 0.1) is 6.20 Å². The van der Waals surface area contributed by atoms with Crippen LogP contribution in [0.25, 0.3) is 0 Å². The molecule has 0 radical (unpaired) electrons. The Morgan fingerprint density at radius 3 is 2.72 bits per heavy atom. The van der Waals surface area contributed by atoms with Gasteiger partial charge in [-0.2, -0.15) is 0 Å². The van der Waals surface area contributed by atoms with Crippen LogP contribution in [0.5, 0.6) is 5.75 Å². The molecule has 1 N–H and O–H groups in total. The maximum absolute atomic E-state index is 12.2. The summed E-state index contributed by atoms with van der Waals surface area (Å²) in [6.07, 6.45) is 6.77. The summed E-state index contributed by atoms with van der Waals surface area (Å²) < 4.78 is 5.66. The molecule has 0 aliphatic carbocycles. The maximum atomic E-state index is 12.2. The van der Waals surface area contributed by atoms with Gasteiger partial charge in [-0.25, -0.2) is 4.98 Å². The van der Waals surface area contributed by atoms with Gasteiger partial charge in [-0.1, -0.05) is 18.2 Å². The van der Waals surface area contributed by atoms with Gasteiger partial charge in [0.15, 0.2) is 6.10 Å². The van der Waals surface area contributed by atoms with Gasteiger partial charge in [0.2, 0.25) is 0 Å². The van der Waals surface area contributed by atoms with Gasteiger partial charge in [-0.05, 0) is 37.8 Å². The van der Waals surface area contributed by atoms with Crippen molar-refractivity contribution in [2.24, 2.45) is 5.92 Å². The lowest BCUT2D eigenvalue weighted by Gasteiger charge is -2.32. The maximum Gasteiger partial charge on any atom is 0.260 e. The predicted molar refractivity (Wildman–Crippen MR) is 96.5 cm³/mol. The second-order valence-corrected chi connectivity index (χ2v) is 6.31. The topological polar surface area (TPSA) is 67.3 Å². The van der Waals surface area contributed by atoms with Gasteiger partial charge < -0.3 is 15.0 Å². The number of para-hydroxylation sites is 1. The Labute approximate surface area is 148 Å². The summed E-state index contributed by atoms with van der Waals surface area (Å²) in [6, 6.07) is 9.42. The number of carbonyl (C=O) groups excluding carboxylic acids is 1. The van der Waals surface area contributed by atoms with Crippen molar-refractivity contribution in [2.75, 3.05) is 24.5 Å². The highest BCUT2D eigenvalue weighted by Crippen LogP contribution is 2.20. The van der Waals surface area contributed by atoms with Crippen LogP contribution in [0, 0.1) is 5.92 Å². The number of ether oxygens (including phenoxy) is 1. The molecule has 0 spiro atoms. The van der Waals surface area contributed by atoms with Crippen molar-refractivity contribution in [2.45, 2.75) is 25.9 Å². The number of amides is 1. The van der Waals surface area contributed by atoms with E-state index in [9.17, 15) is 4.79 Å². The molecule has 0 bridgehead atoms. The van der Waals surface area contributed by atoms with Crippen molar-refractivity contribution < 1.29 is 9.53 Å². The Balaban J connectivity index is 1.40. The van der Waals surface area contributed by atoms with E-state index in [1.54, 1.807) is 25.5 Å². The number of hydrogen-bond acceptors (Lipinski definition) is 5. The molecule has 132 valence electrons. The van der Waals surface area contributed by atoms with Gasteiger partial charge in [0.25, 0.3) is 5.91 Å². The van der Waals surface area contributed by atoms with Crippen LogP contribution >= 0.6 is 0 Å². The average molecular weight is 340 g/mol. The zero-order valence-electron chi connectivity index (χ0n) is 14.5. The van der Waals surface area contributed by atoms with Crippen LogP contribution < -0.4 is 15.0 Å². The third-order valence-electron chi connectivity index (χ3n) is 4.48. The van der Waals surface area contributed by atoms with Crippen LogP contribution in [0.3, 0.4) is 0 Å². The minimum absolute atomic E-state index is 0.0693. The van der Waals surface area contributed by atoms with Crippen LogP contribution in [-0.4, -0.2) is 41.6 Å². The molecular weight excluding hydrogens is 316 g/mol. The lowest BCUT2D eigenvalue weighted by molar-refractivity contribution is -0.127. The SMILES string of the molecule is CC(Oc1ccccc1)C(=O)NCC1CCN(c2cnccn2)CC1. The van der Waals surface area contributed by atoms with Gasteiger partial charge in [0.1, 0.15) is 11.6 Å². The van der Waals surface area contributed by atoms with E-state index >= 15 is 0 Å². The summed E-state index contributed by atoms with van der Waals surface area (Å²) in [4.78, 5) is 22.9. The molecule has 1 aliphatic heterocycles. The highest BCUT2D eigenvalue weighted by molar-refractivity contribution is 5.80. The molecule has 0 saturated carbocycles. The molecule has 1 fully saturated rings. The molecule has 1 atom stereocenters. The van der Waals surface area contributed by atoms with Crippen molar-refractivity contribution in [1.29, 1.82) is 0 Å². The predicted octanol–water partition coefficient (Wildman–Crippen LogP) is 2.28. The molecule has 1 aromatic carbocycles. The van der Waals surface area contributed by atoms with E-state index in [2.05, 4.69) is 20.2 Å².